The lowest BCUT2D eigenvalue weighted by Gasteiger charge is -2.02. The van der Waals surface area contributed by atoms with Crippen LogP contribution in [-0.2, 0) is 9.53 Å². The van der Waals surface area contributed by atoms with Gasteiger partial charge in [0.25, 0.3) is 0 Å². The molecule has 1 rings (SSSR count). The highest BCUT2D eigenvalue weighted by atomic mass is 16.6. The molecule has 24 heavy (non-hydrogen) atoms. The number of hydrogen-bond donors (Lipinski definition) is 2. The first-order chi connectivity index (χ1) is 11.6. The second-order valence-electron chi connectivity index (χ2n) is 6.03. The van der Waals surface area contributed by atoms with Crippen molar-refractivity contribution >= 4 is 5.97 Å². The van der Waals surface area contributed by atoms with E-state index < -0.39 is 5.97 Å². The van der Waals surface area contributed by atoms with E-state index >= 15 is 0 Å². The monoisotopic (exact) mass is 334 g/mol. The molecule has 134 valence electrons. The third-order valence-corrected chi connectivity index (χ3v) is 3.79. The van der Waals surface area contributed by atoms with E-state index in [0.717, 1.165) is 19.3 Å². The molecule has 0 amide bonds. The van der Waals surface area contributed by atoms with Gasteiger partial charge < -0.3 is 14.9 Å². The van der Waals surface area contributed by atoms with Crippen molar-refractivity contribution in [2.24, 2.45) is 0 Å². The Labute approximate surface area is 145 Å². The molecule has 0 saturated carbocycles. The number of unbranched alkanes of at least 4 members (excludes halogenated alkanes) is 2. The van der Waals surface area contributed by atoms with Crippen LogP contribution in [0.2, 0.25) is 0 Å². The highest BCUT2D eigenvalue weighted by Crippen LogP contribution is 2.28. The highest BCUT2D eigenvalue weighted by molar-refractivity contribution is 5.66. The lowest BCUT2D eigenvalue weighted by molar-refractivity contribution is -0.137. The Morgan fingerprint density at radius 1 is 1.08 bits per heavy atom. The Balaban J connectivity index is 2.07. The summed E-state index contributed by atoms with van der Waals surface area (Å²) in [5, 5.41) is 18.3. The van der Waals surface area contributed by atoms with E-state index in [1.807, 2.05) is 48.6 Å². The van der Waals surface area contributed by atoms with Crippen LogP contribution in [0.3, 0.4) is 0 Å². The number of hydrogen-bond acceptors (Lipinski definition) is 3. The average Bonchev–Trinajstić information content (AvgIpc) is 3.28. The maximum Gasteiger partial charge on any atom is 0.303 e. The zero-order valence-electron chi connectivity index (χ0n) is 14.5. The zero-order chi connectivity index (χ0) is 17.6. The SMILES string of the molecule is CCCCCC(O)C=CC=CC=CC=CC1OC1CCCC(=O)O. The van der Waals surface area contributed by atoms with Crippen LogP contribution >= 0.6 is 0 Å². The van der Waals surface area contributed by atoms with Gasteiger partial charge in [-0.25, -0.2) is 0 Å². The number of carboxylic acid groups (broad SMARTS) is 1. The van der Waals surface area contributed by atoms with Gasteiger partial charge in [-0.3, -0.25) is 4.79 Å². The van der Waals surface area contributed by atoms with Crippen LogP contribution in [-0.4, -0.2) is 34.5 Å². The van der Waals surface area contributed by atoms with Crippen molar-refractivity contribution in [1.82, 2.24) is 0 Å². The quantitative estimate of drug-likeness (QED) is 0.301. The van der Waals surface area contributed by atoms with Crippen molar-refractivity contribution in [2.75, 3.05) is 0 Å². The molecule has 1 fully saturated rings. The third kappa shape index (κ3) is 11.0. The molecule has 0 aromatic rings. The van der Waals surface area contributed by atoms with Gasteiger partial charge in [0.15, 0.2) is 0 Å². The molecule has 3 unspecified atom stereocenters. The lowest BCUT2D eigenvalue weighted by atomic mass is 10.1. The molecule has 0 aliphatic carbocycles. The summed E-state index contributed by atoms with van der Waals surface area (Å²) in [4.78, 5) is 10.4. The van der Waals surface area contributed by atoms with Crippen molar-refractivity contribution in [3.8, 4) is 0 Å². The Bertz CT molecular complexity index is 462. The first-order valence-corrected chi connectivity index (χ1v) is 8.87. The molecule has 2 N–H and O–H groups in total. The fourth-order valence-corrected chi connectivity index (χ4v) is 2.33. The number of aliphatic hydroxyl groups is 1. The van der Waals surface area contributed by atoms with Crippen molar-refractivity contribution in [3.05, 3.63) is 48.6 Å². The van der Waals surface area contributed by atoms with Crippen molar-refractivity contribution in [2.45, 2.75) is 70.2 Å². The summed E-state index contributed by atoms with van der Waals surface area (Å²) in [6.45, 7) is 2.15. The van der Waals surface area contributed by atoms with Gasteiger partial charge in [-0.15, -0.1) is 0 Å². The van der Waals surface area contributed by atoms with Crippen LogP contribution < -0.4 is 0 Å². The molecule has 0 aromatic heterocycles. The fraction of sp³-hybridized carbons (Fsp3) is 0.550. The summed E-state index contributed by atoms with van der Waals surface area (Å²) >= 11 is 0. The van der Waals surface area contributed by atoms with E-state index in [0.29, 0.717) is 6.42 Å². The standard InChI is InChI=1S/C20H30O4/c1-2-3-8-12-17(21)13-9-6-4-5-7-10-14-18-19(24-18)15-11-16-20(22)23/h4-7,9-10,13-14,17-19,21H,2-3,8,11-12,15-16H2,1H3,(H,22,23). The van der Waals surface area contributed by atoms with Gasteiger partial charge in [0.05, 0.1) is 12.2 Å². The van der Waals surface area contributed by atoms with Gasteiger partial charge in [0.1, 0.15) is 6.10 Å². The minimum atomic E-state index is -0.750. The third-order valence-electron chi connectivity index (χ3n) is 3.79. The van der Waals surface area contributed by atoms with Gasteiger partial charge in [0, 0.05) is 6.42 Å². The van der Waals surface area contributed by atoms with Crippen LogP contribution in [0.25, 0.3) is 0 Å². The topological polar surface area (TPSA) is 70.1 Å². The second kappa shape index (κ2) is 12.7. The summed E-state index contributed by atoms with van der Waals surface area (Å²) in [5.74, 6) is -0.750. The number of allylic oxidation sites excluding steroid dienone is 6. The van der Waals surface area contributed by atoms with E-state index in [1.54, 1.807) is 0 Å². The zero-order valence-corrected chi connectivity index (χ0v) is 14.5. The number of carbonyl (C=O) groups is 1. The van der Waals surface area contributed by atoms with Gasteiger partial charge >= 0.3 is 5.97 Å². The molecule has 3 atom stereocenters. The maximum atomic E-state index is 10.4. The summed E-state index contributed by atoms with van der Waals surface area (Å²) in [7, 11) is 0. The maximum absolute atomic E-state index is 10.4. The Morgan fingerprint density at radius 3 is 2.50 bits per heavy atom. The molecular formula is C20H30O4. The molecule has 1 saturated heterocycles. The van der Waals surface area contributed by atoms with Crippen molar-refractivity contribution in [3.63, 3.8) is 0 Å². The number of rotatable bonds is 13. The number of aliphatic hydroxyl groups excluding tert-OH is 1. The van der Waals surface area contributed by atoms with Gasteiger partial charge in [-0.05, 0) is 19.3 Å². The minimum Gasteiger partial charge on any atom is -0.481 e. The predicted octanol–water partition coefficient (Wildman–Crippen LogP) is 4.17. The van der Waals surface area contributed by atoms with Gasteiger partial charge in [-0.1, -0.05) is 74.8 Å². The first kappa shape index (κ1) is 20.4. The Hall–Kier alpha value is -1.65. The Morgan fingerprint density at radius 2 is 1.79 bits per heavy atom. The molecular weight excluding hydrogens is 304 g/mol. The molecule has 0 spiro atoms. The van der Waals surface area contributed by atoms with Crippen LogP contribution in [0, 0.1) is 0 Å². The van der Waals surface area contributed by atoms with Crippen LogP contribution in [0.1, 0.15) is 51.9 Å². The molecule has 1 aliphatic heterocycles. The van der Waals surface area contributed by atoms with Gasteiger partial charge in [-0.2, -0.15) is 0 Å². The number of ether oxygens (including phenoxy) is 1. The van der Waals surface area contributed by atoms with Crippen molar-refractivity contribution in [1.29, 1.82) is 0 Å². The molecule has 0 bridgehead atoms. The fourth-order valence-electron chi connectivity index (χ4n) is 2.33. The van der Waals surface area contributed by atoms with Crippen LogP contribution in [0.5, 0.6) is 0 Å². The normalized spacial score (nSPS) is 22.2. The summed E-state index contributed by atoms with van der Waals surface area (Å²) in [6, 6.07) is 0. The summed E-state index contributed by atoms with van der Waals surface area (Å²) in [6.07, 6.45) is 21.1. The predicted molar refractivity (Wildman–Crippen MR) is 96.9 cm³/mol. The first-order valence-electron chi connectivity index (χ1n) is 8.87. The summed E-state index contributed by atoms with van der Waals surface area (Å²) in [5.41, 5.74) is 0. The van der Waals surface area contributed by atoms with E-state index in [2.05, 4.69) is 6.92 Å². The number of epoxide rings is 1. The van der Waals surface area contributed by atoms with E-state index in [1.165, 1.54) is 12.8 Å². The lowest BCUT2D eigenvalue weighted by Crippen LogP contribution is -2.00. The molecule has 4 heteroatoms. The minimum absolute atomic E-state index is 0.130. The molecule has 4 nitrogen and oxygen atoms in total. The second-order valence-corrected chi connectivity index (χ2v) is 6.03. The molecule has 0 aromatic carbocycles. The molecule has 1 heterocycles. The molecule has 1 aliphatic rings. The Kier molecular flexibility index (Phi) is 10.8. The summed E-state index contributed by atoms with van der Waals surface area (Å²) < 4.78 is 5.44. The van der Waals surface area contributed by atoms with E-state index in [9.17, 15) is 9.90 Å². The van der Waals surface area contributed by atoms with Crippen LogP contribution in [0.4, 0.5) is 0 Å². The number of carboxylic acids is 1. The van der Waals surface area contributed by atoms with E-state index in [4.69, 9.17) is 9.84 Å². The highest BCUT2D eigenvalue weighted by Gasteiger charge is 2.35. The molecule has 0 radical (unpaired) electrons. The largest absolute Gasteiger partial charge is 0.481 e. The van der Waals surface area contributed by atoms with E-state index in [-0.39, 0.29) is 24.7 Å². The smallest absolute Gasteiger partial charge is 0.303 e. The average molecular weight is 334 g/mol. The van der Waals surface area contributed by atoms with Crippen LogP contribution in [0.15, 0.2) is 48.6 Å². The van der Waals surface area contributed by atoms with Gasteiger partial charge in [0.2, 0.25) is 0 Å². The van der Waals surface area contributed by atoms with Crippen molar-refractivity contribution < 1.29 is 19.7 Å². The number of aliphatic carboxylic acids is 1.